The third-order valence-corrected chi connectivity index (χ3v) is 6.10. The lowest BCUT2D eigenvalue weighted by atomic mass is 10.0. The minimum atomic E-state index is 0.0709. The zero-order chi connectivity index (χ0) is 18.0. The fourth-order valence-corrected chi connectivity index (χ4v) is 3.99. The van der Waals surface area contributed by atoms with Gasteiger partial charge in [0.2, 0.25) is 0 Å². The van der Waals surface area contributed by atoms with Crippen LogP contribution in [0.1, 0.15) is 16.7 Å². The van der Waals surface area contributed by atoms with E-state index < -0.39 is 0 Å². The minimum absolute atomic E-state index is 0.0709. The van der Waals surface area contributed by atoms with Gasteiger partial charge in [-0.15, -0.1) is 0 Å². The second kappa shape index (κ2) is 8.01. The third kappa shape index (κ3) is 4.51. The Kier molecular flexibility index (Phi) is 5.96. The summed E-state index contributed by atoms with van der Waals surface area (Å²) in [6.45, 7) is 1.96. The van der Waals surface area contributed by atoms with Gasteiger partial charge < -0.3 is 0 Å². The number of benzene rings is 2. The van der Waals surface area contributed by atoms with Crippen molar-refractivity contribution in [3.8, 4) is 0 Å². The van der Waals surface area contributed by atoms with Crippen LogP contribution in [0.5, 0.6) is 0 Å². The fourth-order valence-electron chi connectivity index (χ4n) is 2.53. The van der Waals surface area contributed by atoms with Crippen LogP contribution in [0.15, 0.2) is 47.5 Å². The number of hydrogen-bond acceptors (Lipinski definition) is 2. The van der Waals surface area contributed by atoms with E-state index in [-0.39, 0.29) is 5.78 Å². The van der Waals surface area contributed by atoms with E-state index in [1.807, 2.05) is 43.3 Å². The average Bonchev–Trinajstić information content (AvgIpc) is 2.58. The van der Waals surface area contributed by atoms with Crippen molar-refractivity contribution in [3.05, 3.63) is 79.3 Å². The Bertz CT molecular complexity index is 828. The Morgan fingerprint density at radius 3 is 1.96 bits per heavy atom. The number of thioether (sulfide) groups is 1. The van der Waals surface area contributed by atoms with Crippen LogP contribution >= 0.6 is 46.6 Å². The predicted molar refractivity (Wildman–Crippen MR) is 111 cm³/mol. The number of hydrogen-bond donors (Lipinski definition) is 0. The molecule has 1 nitrogen and oxygen atoms in total. The van der Waals surface area contributed by atoms with Gasteiger partial charge in [-0.3, -0.25) is 4.79 Å². The zero-order valence-corrected chi connectivity index (χ0v) is 16.6. The van der Waals surface area contributed by atoms with Crippen LogP contribution in [-0.4, -0.2) is 17.3 Å². The maximum Gasteiger partial charge on any atom is 0.186 e. The number of ketones is 1. The lowest BCUT2D eigenvalue weighted by Gasteiger charge is -2.16. The number of Topliss-reactive ketones (excluding diaryl/α,β-unsaturated/α-hetero) is 1. The number of carbonyl (C=O) groups excluding carboxylic acids is 1. The van der Waals surface area contributed by atoms with E-state index in [0.717, 1.165) is 27.8 Å². The molecular weight excluding hydrogens is 395 g/mol. The summed E-state index contributed by atoms with van der Waals surface area (Å²) < 4.78 is 0. The first-order chi connectivity index (χ1) is 11.9. The highest BCUT2D eigenvalue weighted by Gasteiger charge is 2.21. The lowest BCUT2D eigenvalue weighted by Crippen LogP contribution is -2.16. The van der Waals surface area contributed by atoms with Gasteiger partial charge in [0.05, 0.1) is 10.0 Å². The quantitative estimate of drug-likeness (QED) is 0.511. The molecule has 1 fully saturated rings. The van der Waals surface area contributed by atoms with Crippen molar-refractivity contribution in [3.63, 3.8) is 0 Å². The van der Waals surface area contributed by atoms with Crippen LogP contribution in [0.4, 0.5) is 0 Å². The van der Waals surface area contributed by atoms with Gasteiger partial charge in [-0.25, -0.2) is 0 Å². The number of rotatable bonds is 2. The largest absolute Gasteiger partial charge is 0.289 e. The van der Waals surface area contributed by atoms with Crippen molar-refractivity contribution in [2.75, 3.05) is 11.5 Å². The molecule has 0 bridgehead atoms. The third-order valence-electron chi connectivity index (χ3n) is 3.92. The molecule has 2 aromatic rings. The molecule has 0 amide bonds. The fraction of sp³-hybridized carbons (Fsp3) is 0.150. The van der Waals surface area contributed by atoms with Crippen molar-refractivity contribution in [1.29, 1.82) is 0 Å². The van der Waals surface area contributed by atoms with Gasteiger partial charge in [-0.05, 0) is 54.0 Å². The monoisotopic (exact) mass is 408 g/mol. The van der Waals surface area contributed by atoms with E-state index in [9.17, 15) is 4.79 Å². The van der Waals surface area contributed by atoms with Gasteiger partial charge in [0.1, 0.15) is 0 Å². The van der Waals surface area contributed by atoms with Crippen molar-refractivity contribution in [2.45, 2.75) is 6.92 Å². The standard InChI is InChI=1S/C20H15Cl3OS/c1-12-2-3-13(8-18(12)22)6-15-10-25-11-16(20(15)24)7-14-4-5-17(21)19(23)9-14/h2-9H,10-11H2,1H3/b15-6+,16-7+. The highest BCUT2D eigenvalue weighted by atomic mass is 35.5. The van der Waals surface area contributed by atoms with Crippen LogP contribution in [0.3, 0.4) is 0 Å². The summed E-state index contributed by atoms with van der Waals surface area (Å²) in [6.07, 6.45) is 3.80. The Morgan fingerprint density at radius 2 is 1.40 bits per heavy atom. The summed E-state index contributed by atoms with van der Waals surface area (Å²) in [5, 5.41) is 1.69. The van der Waals surface area contributed by atoms with Crippen molar-refractivity contribution in [2.24, 2.45) is 0 Å². The van der Waals surface area contributed by atoms with E-state index in [2.05, 4.69) is 0 Å². The van der Waals surface area contributed by atoms with E-state index in [1.165, 1.54) is 0 Å². The molecule has 128 valence electrons. The van der Waals surface area contributed by atoms with E-state index in [1.54, 1.807) is 23.9 Å². The summed E-state index contributed by atoms with van der Waals surface area (Å²) in [4.78, 5) is 12.8. The molecule has 0 spiro atoms. The topological polar surface area (TPSA) is 17.1 Å². The molecule has 0 saturated carbocycles. The Hall–Kier alpha value is -1.19. The molecule has 0 radical (unpaired) electrons. The van der Waals surface area contributed by atoms with E-state index in [0.29, 0.717) is 26.6 Å². The number of halogens is 3. The van der Waals surface area contributed by atoms with Crippen molar-refractivity contribution >= 4 is 64.5 Å². The van der Waals surface area contributed by atoms with Gasteiger partial charge >= 0.3 is 0 Å². The Morgan fingerprint density at radius 1 is 0.840 bits per heavy atom. The van der Waals surface area contributed by atoms with Gasteiger partial charge in [0.25, 0.3) is 0 Å². The second-order valence-electron chi connectivity index (χ2n) is 5.84. The first kappa shape index (κ1) is 18.6. The lowest BCUT2D eigenvalue weighted by molar-refractivity contribution is -0.112. The normalized spacial score (nSPS) is 18.2. The summed E-state index contributed by atoms with van der Waals surface area (Å²) in [5.41, 5.74) is 4.38. The zero-order valence-electron chi connectivity index (χ0n) is 13.5. The van der Waals surface area contributed by atoms with Gasteiger partial charge in [-0.1, -0.05) is 53.0 Å². The van der Waals surface area contributed by atoms with Crippen LogP contribution in [-0.2, 0) is 4.79 Å². The first-order valence-corrected chi connectivity index (χ1v) is 9.97. The molecule has 2 aromatic carbocycles. The van der Waals surface area contributed by atoms with Crippen LogP contribution in [0, 0.1) is 6.92 Å². The van der Waals surface area contributed by atoms with Gasteiger partial charge in [0, 0.05) is 27.7 Å². The molecule has 5 heteroatoms. The molecule has 0 aliphatic carbocycles. The van der Waals surface area contributed by atoms with Crippen molar-refractivity contribution < 1.29 is 4.79 Å². The first-order valence-electron chi connectivity index (χ1n) is 7.69. The summed E-state index contributed by atoms with van der Waals surface area (Å²) in [6, 6.07) is 11.2. The molecule has 3 rings (SSSR count). The molecular formula is C20H15Cl3OS. The molecule has 1 aliphatic heterocycles. The minimum Gasteiger partial charge on any atom is -0.289 e. The second-order valence-corrected chi connectivity index (χ2v) is 8.05. The number of carbonyl (C=O) groups is 1. The Balaban J connectivity index is 1.89. The predicted octanol–water partition coefficient (Wildman–Crippen LogP) is 6.74. The van der Waals surface area contributed by atoms with Crippen LogP contribution < -0.4 is 0 Å². The number of aryl methyl sites for hydroxylation is 1. The molecule has 25 heavy (non-hydrogen) atoms. The highest BCUT2D eigenvalue weighted by molar-refractivity contribution is 7.99. The molecule has 0 N–H and O–H groups in total. The molecule has 0 aromatic heterocycles. The van der Waals surface area contributed by atoms with Crippen LogP contribution in [0.25, 0.3) is 12.2 Å². The molecule has 0 atom stereocenters. The Labute approximate surface area is 166 Å². The SMILES string of the molecule is Cc1ccc(/C=C2\CSC/C(=C\c3ccc(Cl)c(Cl)c3)C2=O)cc1Cl. The molecule has 0 unspecified atom stereocenters. The summed E-state index contributed by atoms with van der Waals surface area (Å²) in [5.74, 6) is 1.45. The molecule has 1 saturated heterocycles. The summed E-state index contributed by atoms with van der Waals surface area (Å²) >= 11 is 19.9. The maximum atomic E-state index is 12.8. The van der Waals surface area contributed by atoms with E-state index >= 15 is 0 Å². The smallest absolute Gasteiger partial charge is 0.186 e. The van der Waals surface area contributed by atoms with Gasteiger partial charge in [-0.2, -0.15) is 11.8 Å². The molecule has 1 aliphatic rings. The van der Waals surface area contributed by atoms with Crippen molar-refractivity contribution in [1.82, 2.24) is 0 Å². The highest BCUT2D eigenvalue weighted by Crippen LogP contribution is 2.29. The summed E-state index contributed by atoms with van der Waals surface area (Å²) in [7, 11) is 0. The average molecular weight is 410 g/mol. The maximum absolute atomic E-state index is 12.8. The van der Waals surface area contributed by atoms with Crippen LogP contribution in [0.2, 0.25) is 15.1 Å². The van der Waals surface area contributed by atoms with E-state index in [4.69, 9.17) is 34.8 Å². The molecule has 1 heterocycles. The van der Waals surface area contributed by atoms with Gasteiger partial charge in [0.15, 0.2) is 5.78 Å².